The van der Waals surface area contributed by atoms with Crippen molar-refractivity contribution in [2.45, 2.75) is 31.5 Å². The molecule has 3 aromatic carbocycles. The van der Waals surface area contributed by atoms with Crippen LogP contribution in [-0.2, 0) is 15.8 Å². The number of amides is 3. The topological polar surface area (TPSA) is 141 Å². The number of carbonyl (C=O) groups is 3. The fourth-order valence-electron chi connectivity index (χ4n) is 4.92. The second kappa shape index (κ2) is 13.9. The number of nitrogens with zero attached hydrogens (tertiary/aromatic N) is 3. The number of likely N-dealkylation sites (tertiary alicyclic amines) is 1. The normalized spacial score (nSPS) is 18.7. The molecule has 1 fully saturated rings. The molecule has 9 nitrogen and oxygen atoms in total. The summed E-state index contributed by atoms with van der Waals surface area (Å²) in [6, 6.07) is 17.7. The van der Waals surface area contributed by atoms with E-state index in [1.165, 1.54) is 23.1 Å². The first kappa shape index (κ1) is 32.4. The number of alkyl halides is 3. The van der Waals surface area contributed by atoms with Crippen LogP contribution in [0.15, 0.2) is 95.1 Å². The Morgan fingerprint density at radius 2 is 1.73 bits per heavy atom. The van der Waals surface area contributed by atoms with Crippen molar-refractivity contribution >= 4 is 29.2 Å². The number of amidine groups is 1. The Kier molecular flexibility index (Phi) is 9.98. The van der Waals surface area contributed by atoms with E-state index in [4.69, 9.17) is 16.0 Å². The van der Waals surface area contributed by atoms with Gasteiger partial charge in [-0.15, -0.1) is 0 Å². The molecule has 4 rings (SSSR count). The lowest BCUT2D eigenvalue weighted by Crippen LogP contribution is -2.59. The number of hydrogen-bond acceptors (Lipinski definition) is 6. The molecule has 2 atom stereocenters. The van der Waals surface area contributed by atoms with Gasteiger partial charge in [0.25, 0.3) is 11.8 Å². The number of piperidine rings is 1. The minimum atomic E-state index is -4.71. The highest BCUT2D eigenvalue weighted by atomic mass is 19.4. The molecule has 0 aliphatic carbocycles. The highest BCUT2D eigenvalue weighted by Gasteiger charge is 2.46. The maximum Gasteiger partial charge on any atom is 0.416 e. The van der Waals surface area contributed by atoms with E-state index in [0.29, 0.717) is 17.3 Å². The number of halogens is 4. The van der Waals surface area contributed by atoms with Gasteiger partial charge in [-0.3, -0.25) is 19.3 Å². The van der Waals surface area contributed by atoms with Crippen LogP contribution in [0.1, 0.15) is 40.7 Å². The fourth-order valence-corrected chi connectivity index (χ4v) is 4.92. The van der Waals surface area contributed by atoms with Gasteiger partial charge in [-0.2, -0.15) is 18.4 Å². The van der Waals surface area contributed by atoms with E-state index in [1.54, 1.807) is 43.3 Å². The molecule has 1 aliphatic heterocycles. The smallest absolute Gasteiger partial charge is 0.400 e. The van der Waals surface area contributed by atoms with Crippen molar-refractivity contribution in [1.82, 2.24) is 15.5 Å². The Labute approximate surface area is 256 Å². The molecule has 13 heteroatoms. The molecule has 4 N–H and O–H groups in total. The zero-order valence-corrected chi connectivity index (χ0v) is 23.9. The Balaban J connectivity index is 1.91. The Bertz CT molecular complexity index is 1680. The number of aliphatic imine (C=N–C) groups is 1. The van der Waals surface area contributed by atoms with Crippen LogP contribution in [0.25, 0.3) is 0 Å². The number of nitriles is 1. The predicted octanol–water partition coefficient (Wildman–Crippen LogP) is 4.56. The van der Waals surface area contributed by atoms with Crippen molar-refractivity contribution in [1.29, 1.82) is 5.26 Å². The van der Waals surface area contributed by atoms with E-state index in [1.807, 2.05) is 0 Å². The summed E-state index contributed by atoms with van der Waals surface area (Å²) in [5.74, 6) is -3.83. The van der Waals surface area contributed by atoms with Gasteiger partial charge in [0.1, 0.15) is 24.1 Å². The number of likely N-dealkylation sites (N-methyl/N-ethyl adjacent to an activating group) is 1. The molecule has 1 aliphatic rings. The van der Waals surface area contributed by atoms with Crippen LogP contribution in [-0.4, -0.2) is 47.6 Å². The predicted molar refractivity (Wildman–Crippen MR) is 157 cm³/mol. The van der Waals surface area contributed by atoms with Crippen molar-refractivity contribution in [3.63, 3.8) is 0 Å². The van der Waals surface area contributed by atoms with Crippen molar-refractivity contribution in [3.05, 3.63) is 113 Å². The highest BCUT2D eigenvalue weighted by molar-refractivity contribution is 6.15. The number of nitrogens with one attached hydrogen (secondary N) is 2. The minimum absolute atomic E-state index is 0.0227. The quantitative estimate of drug-likeness (QED) is 0.317. The maximum atomic E-state index is 14.1. The third kappa shape index (κ3) is 7.53. The van der Waals surface area contributed by atoms with E-state index in [-0.39, 0.29) is 35.8 Å². The average Bonchev–Trinajstić information content (AvgIpc) is 3.02. The zero-order valence-electron chi connectivity index (χ0n) is 23.9. The van der Waals surface area contributed by atoms with Crippen LogP contribution in [0.4, 0.5) is 23.2 Å². The van der Waals surface area contributed by atoms with E-state index in [9.17, 15) is 31.9 Å². The first-order valence-corrected chi connectivity index (χ1v) is 13.8. The van der Waals surface area contributed by atoms with Gasteiger partial charge in [-0.1, -0.05) is 36.4 Å². The van der Waals surface area contributed by atoms with Gasteiger partial charge in [0, 0.05) is 29.3 Å². The van der Waals surface area contributed by atoms with Crippen molar-refractivity contribution in [2.24, 2.45) is 10.7 Å². The van der Waals surface area contributed by atoms with Gasteiger partial charge in [0.2, 0.25) is 5.91 Å². The van der Waals surface area contributed by atoms with Crippen LogP contribution in [0.5, 0.6) is 0 Å². The summed E-state index contributed by atoms with van der Waals surface area (Å²) < 4.78 is 54.2. The molecule has 45 heavy (non-hydrogen) atoms. The molecule has 0 radical (unpaired) electrons. The van der Waals surface area contributed by atoms with Crippen LogP contribution in [0.3, 0.4) is 0 Å². The van der Waals surface area contributed by atoms with Crippen LogP contribution in [0, 0.1) is 17.1 Å². The Morgan fingerprint density at radius 3 is 2.36 bits per heavy atom. The van der Waals surface area contributed by atoms with Gasteiger partial charge >= 0.3 is 6.18 Å². The summed E-state index contributed by atoms with van der Waals surface area (Å²) in [7, 11) is 0. The first-order valence-electron chi connectivity index (χ1n) is 13.8. The third-order valence-electron chi connectivity index (χ3n) is 7.01. The number of carbonyl (C=O) groups excluding carboxylic acids is 3. The van der Waals surface area contributed by atoms with Crippen molar-refractivity contribution in [3.8, 4) is 6.07 Å². The maximum absolute atomic E-state index is 14.1. The summed E-state index contributed by atoms with van der Waals surface area (Å²) in [5, 5.41) is 14.0. The van der Waals surface area contributed by atoms with E-state index in [0.717, 1.165) is 24.3 Å². The van der Waals surface area contributed by atoms with Gasteiger partial charge in [-0.05, 0) is 55.0 Å². The molecule has 0 saturated carbocycles. The summed E-state index contributed by atoms with van der Waals surface area (Å²) >= 11 is 0. The molecule has 3 aromatic rings. The summed E-state index contributed by atoms with van der Waals surface area (Å²) in [6.07, 6.45) is -5.15. The van der Waals surface area contributed by atoms with Gasteiger partial charge < -0.3 is 16.4 Å². The van der Waals surface area contributed by atoms with E-state index >= 15 is 0 Å². The van der Waals surface area contributed by atoms with Gasteiger partial charge in [-0.25, -0.2) is 9.38 Å². The van der Waals surface area contributed by atoms with E-state index < -0.39 is 53.7 Å². The minimum Gasteiger partial charge on any atom is -0.400 e. The summed E-state index contributed by atoms with van der Waals surface area (Å²) in [6.45, 7) is 1.43. The fraction of sp³-hybridized carbons (Fsp3) is 0.219. The molecule has 2 unspecified atom stereocenters. The first-order chi connectivity index (χ1) is 21.4. The lowest BCUT2D eigenvalue weighted by molar-refractivity contribution is -0.137. The standard InChI is InChI=1S/C32H28F4N6O3/c1-2-42-29(40-23-9-4-3-5-10-23)27(24(38)18-39-25(43)15-16-37)26(19-11-13-22(33)14-12-19)28(31(42)45)41-30(44)20-7-6-8-21(17-20)32(34,35)36/h3-14,17,26,28H,2,15,18,38H2,1H3,(H,39,43)(H,41,44)/b27-24-,40-29?. The Morgan fingerprint density at radius 1 is 1.04 bits per heavy atom. The van der Waals surface area contributed by atoms with Gasteiger partial charge in [0.05, 0.1) is 23.9 Å². The number of nitrogens with two attached hydrogens (primary N) is 1. The van der Waals surface area contributed by atoms with Crippen molar-refractivity contribution < 1.29 is 31.9 Å². The second-order valence-electron chi connectivity index (χ2n) is 9.96. The Hall–Kier alpha value is -5.51. The largest absolute Gasteiger partial charge is 0.416 e. The van der Waals surface area contributed by atoms with E-state index in [2.05, 4.69) is 10.6 Å². The number of hydrogen-bond donors (Lipinski definition) is 3. The van der Waals surface area contributed by atoms with Crippen LogP contribution >= 0.6 is 0 Å². The molecule has 0 bridgehead atoms. The monoisotopic (exact) mass is 620 g/mol. The van der Waals surface area contributed by atoms with Crippen molar-refractivity contribution in [2.75, 3.05) is 13.1 Å². The van der Waals surface area contributed by atoms with Crippen LogP contribution < -0.4 is 16.4 Å². The molecule has 232 valence electrons. The molecular weight excluding hydrogens is 592 g/mol. The number of benzene rings is 3. The number of para-hydroxylation sites is 1. The molecule has 0 aromatic heterocycles. The molecule has 0 spiro atoms. The van der Waals surface area contributed by atoms with Crippen LogP contribution in [0.2, 0.25) is 0 Å². The number of rotatable bonds is 8. The molecule has 1 heterocycles. The lowest BCUT2D eigenvalue weighted by Gasteiger charge is -2.41. The SMILES string of the molecule is CCN1C(=O)C(NC(=O)c2cccc(C(F)(F)F)c2)C(c2ccc(F)cc2)/C(=C(/N)CNC(=O)CC#N)C1=Nc1ccccc1. The average molecular weight is 621 g/mol. The second-order valence-corrected chi connectivity index (χ2v) is 9.96. The summed E-state index contributed by atoms with van der Waals surface area (Å²) in [4.78, 5) is 45.7. The lowest BCUT2D eigenvalue weighted by atomic mass is 9.78. The third-order valence-corrected chi connectivity index (χ3v) is 7.01. The molecule has 1 saturated heterocycles. The molecule has 3 amide bonds. The van der Waals surface area contributed by atoms with Gasteiger partial charge in [0.15, 0.2) is 0 Å². The highest BCUT2D eigenvalue weighted by Crippen LogP contribution is 2.38. The zero-order chi connectivity index (χ0) is 32.7. The summed E-state index contributed by atoms with van der Waals surface area (Å²) in [5.41, 5.74) is 6.19. The molecular formula is C32H28F4N6O3.